The molecule has 0 atom stereocenters. The third kappa shape index (κ3) is 4.23. The van der Waals surface area contributed by atoms with Gasteiger partial charge in [-0.3, -0.25) is 0 Å². The summed E-state index contributed by atoms with van der Waals surface area (Å²) >= 11 is 6.41. The lowest BCUT2D eigenvalue weighted by Gasteiger charge is -2.24. The third-order valence-corrected chi connectivity index (χ3v) is 3.81. The molecule has 0 spiro atoms. The number of nitrogens with one attached hydrogen (secondary N) is 1. The molecule has 0 amide bonds. The molecule has 0 saturated heterocycles. The monoisotopic (exact) mass is 302 g/mol. The van der Waals surface area contributed by atoms with Gasteiger partial charge in [0, 0.05) is 35.6 Å². The number of para-hydroxylation sites is 1. The van der Waals surface area contributed by atoms with E-state index in [9.17, 15) is 0 Å². The van der Waals surface area contributed by atoms with E-state index in [0.29, 0.717) is 5.92 Å². The van der Waals surface area contributed by atoms with Gasteiger partial charge in [-0.25, -0.2) is 0 Å². The Balaban J connectivity index is 2.24. The summed E-state index contributed by atoms with van der Waals surface area (Å²) in [5.74, 6) is 0.628. The summed E-state index contributed by atoms with van der Waals surface area (Å²) in [6.45, 7) is 6.18. The van der Waals surface area contributed by atoms with E-state index in [4.69, 9.17) is 11.6 Å². The van der Waals surface area contributed by atoms with Crippen molar-refractivity contribution in [2.24, 2.45) is 5.92 Å². The molecule has 0 saturated carbocycles. The van der Waals surface area contributed by atoms with Crippen molar-refractivity contribution < 1.29 is 0 Å². The second-order valence-corrected chi connectivity index (χ2v) is 6.06. The second kappa shape index (κ2) is 7.48. The van der Waals surface area contributed by atoms with Crippen molar-refractivity contribution in [2.45, 2.75) is 20.4 Å². The van der Waals surface area contributed by atoms with E-state index in [1.165, 1.54) is 0 Å². The van der Waals surface area contributed by atoms with Gasteiger partial charge in [0.15, 0.2) is 0 Å². The zero-order valence-electron chi connectivity index (χ0n) is 12.9. The summed E-state index contributed by atoms with van der Waals surface area (Å²) in [6, 6.07) is 16.4. The Bertz CT molecular complexity index is 567. The van der Waals surface area contributed by atoms with Crippen LogP contribution >= 0.6 is 11.6 Å². The first-order valence-corrected chi connectivity index (χ1v) is 7.74. The molecule has 2 rings (SSSR count). The molecule has 0 aliphatic carbocycles. The lowest BCUT2D eigenvalue weighted by Crippen LogP contribution is -2.21. The van der Waals surface area contributed by atoms with Gasteiger partial charge in [0.25, 0.3) is 0 Å². The first-order chi connectivity index (χ1) is 10.1. The maximum Gasteiger partial charge on any atom is 0.0471 e. The third-order valence-electron chi connectivity index (χ3n) is 3.45. The summed E-state index contributed by atoms with van der Waals surface area (Å²) in [4.78, 5) is 2.18. The van der Waals surface area contributed by atoms with E-state index in [1.54, 1.807) is 0 Å². The molecular weight excluding hydrogens is 280 g/mol. The van der Waals surface area contributed by atoms with Crippen molar-refractivity contribution in [1.29, 1.82) is 0 Å². The quantitative estimate of drug-likeness (QED) is 0.820. The van der Waals surface area contributed by atoms with Crippen LogP contribution in [0.1, 0.15) is 19.4 Å². The lowest BCUT2D eigenvalue weighted by atomic mass is 10.1. The summed E-state index contributed by atoms with van der Waals surface area (Å²) < 4.78 is 0. The van der Waals surface area contributed by atoms with Gasteiger partial charge < -0.3 is 10.2 Å². The van der Waals surface area contributed by atoms with Gasteiger partial charge in [-0.2, -0.15) is 0 Å². The SMILES string of the molecule is CC(C)CNCc1c(Cl)cccc1N(C)c1ccccc1. The zero-order valence-corrected chi connectivity index (χ0v) is 13.7. The van der Waals surface area contributed by atoms with E-state index < -0.39 is 0 Å². The van der Waals surface area contributed by atoms with Crippen LogP contribution in [0.15, 0.2) is 48.5 Å². The topological polar surface area (TPSA) is 15.3 Å². The zero-order chi connectivity index (χ0) is 15.2. The molecule has 0 fully saturated rings. The fraction of sp³-hybridized carbons (Fsp3) is 0.333. The fourth-order valence-corrected chi connectivity index (χ4v) is 2.55. The van der Waals surface area contributed by atoms with Crippen LogP contribution < -0.4 is 10.2 Å². The van der Waals surface area contributed by atoms with Crippen LogP contribution in [-0.4, -0.2) is 13.6 Å². The van der Waals surface area contributed by atoms with Crippen molar-refractivity contribution in [3.05, 3.63) is 59.1 Å². The molecule has 1 N–H and O–H groups in total. The number of rotatable bonds is 6. The lowest BCUT2D eigenvalue weighted by molar-refractivity contribution is 0.552. The standard InChI is InChI=1S/C18H23ClN2/c1-14(2)12-20-13-16-17(19)10-7-11-18(16)21(3)15-8-5-4-6-9-15/h4-11,14,20H,12-13H2,1-3H3. The Kier molecular flexibility index (Phi) is 5.66. The number of hydrogen-bond acceptors (Lipinski definition) is 2. The van der Waals surface area contributed by atoms with Gasteiger partial charge in [0.05, 0.1) is 0 Å². The van der Waals surface area contributed by atoms with Gasteiger partial charge in [-0.15, -0.1) is 0 Å². The maximum atomic E-state index is 6.41. The molecule has 0 aromatic heterocycles. The molecule has 0 bridgehead atoms. The predicted octanol–water partition coefficient (Wildman–Crippen LogP) is 4.85. The van der Waals surface area contributed by atoms with E-state index in [2.05, 4.69) is 49.3 Å². The highest BCUT2D eigenvalue weighted by Crippen LogP contribution is 2.31. The molecule has 2 aromatic rings. The van der Waals surface area contributed by atoms with Crippen LogP contribution in [0.4, 0.5) is 11.4 Å². The highest BCUT2D eigenvalue weighted by atomic mass is 35.5. The minimum atomic E-state index is 0.628. The molecule has 0 heterocycles. The molecular formula is C18H23ClN2. The molecule has 21 heavy (non-hydrogen) atoms. The van der Waals surface area contributed by atoms with E-state index in [-0.39, 0.29) is 0 Å². The van der Waals surface area contributed by atoms with Crippen molar-refractivity contribution in [3.8, 4) is 0 Å². The molecule has 0 radical (unpaired) electrons. The second-order valence-electron chi connectivity index (χ2n) is 5.66. The smallest absolute Gasteiger partial charge is 0.0471 e. The minimum absolute atomic E-state index is 0.628. The summed E-state index contributed by atoms with van der Waals surface area (Å²) in [5, 5.41) is 4.29. The first-order valence-electron chi connectivity index (χ1n) is 7.36. The number of nitrogens with zero attached hydrogens (tertiary/aromatic N) is 1. The Hall–Kier alpha value is -1.51. The number of anilines is 2. The first kappa shape index (κ1) is 15.9. The molecule has 112 valence electrons. The number of benzene rings is 2. The Labute approximate surface area is 132 Å². The molecule has 2 nitrogen and oxygen atoms in total. The van der Waals surface area contributed by atoms with E-state index in [0.717, 1.165) is 35.1 Å². The maximum absolute atomic E-state index is 6.41. The van der Waals surface area contributed by atoms with Crippen molar-refractivity contribution >= 4 is 23.0 Å². The van der Waals surface area contributed by atoms with Crippen LogP contribution in [-0.2, 0) is 6.54 Å². The largest absolute Gasteiger partial charge is 0.344 e. The normalized spacial score (nSPS) is 10.9. The average Bonchev–Trinajstić information content (AvgIpc) is 2.48. The van der Waals surface area contributed by atoms with Gasteiger partial charge in [-0.05, 0) is 36.7 Å². The van der Waals surface area contributed by atoms with Crippen LogP contribution in [0.2, 0.25) is 5.02 Å². The van der Waals surface area contributed by atoms with E-state index in [1.807, 2.05) is 30.3 Å². The number of halogens is 1. The van der Waals surface area contributed by atoms with Crippen LogP contribution in [0.3, 0.4) is 0 Å². The van der Waals surface area contributed by atoms with Crippen LogP contribution in [0.25, 0.3) is 0 Å². The highest BCUT2D eigenvalue weighted by Gasteiger charge is 2.12. The molecule has 0 aliphatic heterocycles. The van der Waals surface area contributed by atoms with Gasteiger partial charge in [0.1, 0.15) is 0 Å². The van der Waals surface area contributed by atoms with Crippen molar-refractivity contribution in [2.75, 3.05) is 18.5 Å². The molecule has 0 aliphatic rings. The van der Waals surface area contributed by atoms with Gasteiger partial charge >= 0.3 is 0 Å². The van der Waals surface area contributed by atoms with Crippen LogP contribution in [0.5, 0.6) is 0 Å². The number of hydrogen-bond donors (Lipinski definition) is 1. The Morgan fingerprint density at radius 3 is 2.43 bits per heavy atom. The van der Waals surface area contributed by atoms with Crippen LogP contribution in [0, 0.1) is 5.92 Å². The van der Waals surface area contributed by atoms with Gasteiger partial charge in [-0.1, -0.05) is 49.7 Å². The molecule has 0 unspecified atom stereocenters. The predicted molar refractivity (Wildman–Crippen MR) is 92.5 cm³/mol. The van der Waals surface area contributed by atoms with Crippen molar-refractivity contribution in [1.82, 2.24) is 5.32 Å². The molecule has 3 heteroatoms. The Morgan fingerprint density at radius 2 is 1.76 bits per heavy atom. The van der Waals surface area contributed by atoms with Gasteiger partial charge in [0.2, 0.25) is 0 Å². The summed E-state index contributed by atoms with van der Waals surface area (Å²) in [5.41, 5.74) is 3.45. The minimum Gasteiger partial charge on any atom is -0.344 e. The molecule has 2 aromatic carbocycles. The average molecular weight is 303 g/mol. The highest BCUT2D eigenvalue weighted by molar-refractivity contribution is 6.31. The van der Waals surface area contributed by atoms with E-state index >= 15 is 0 Å². The summed E-state index contributed by atoms with van der Waals surface area (Å²) in [6.07, 6.45) is 0. The van der Waals surface area contributed by atoms with Crippen molar-refractivity contribution in [3.63, 3.8) is 0 Å². The fourth-order valence-electron chi connectivity index (χ4n) is 2.31. The Morgan fingerprint density at radius 1 is 1.05 bits per heavy atom. The summed E-state index contributed by atoms with van der Waals surface area (Å²) in [7, 11) is 2.08.